The SMILES string of the molecule is CNC(=O)c1ccc(CN(C)c2nc3ccccc3c(=O)[nH]2)cc1. The van der Waals surface area contributed by atoms with Crippen molar-refractivity contribution in [2.75, 3.05) is 19.0 Å². The van der Waals surface area contributed by atoms with Crippen molar-refractivity contribution < 1.29 is 4.79 Å². The lowest BCUT2D eigenvalue weighted by Gasteiger charge is -2.18. The van der Waals surface area contributed by atoms with Crippen LogP contribution in [0.1, 0.15) is 15.9 Å². The first-order chi connectivity index (χ1) is 11.6. The summed E-state index contributed by atoms with van der Waals surface area (Å²) in [5.41, 5.74) is 2.14. The topological polar surface area (TPSA) is 78.1 Å². The van der Waals surface area contributed by atoms with Crippen LogP contribution in [0.5, 0.6) is 0 Å². The third-order valence-corrected chi connectivity index (χ3v) is 3.82. The first-order valence-corrected chi connectivity index (χ1v) is 7.59. The number of H-pyrrole nitrogens is 1. The molecule has 0 aliphatic heterocycles. The van der Waals surface area contributed by atoms with Gasteiger partial charge in [0.05, 0.1) is 10.9 Å². The Morgan fingerprint density at radius 1 is 1.17 bits per heavy atom. The van der Waals surface area contributed by atoms with Gasteiger partial charge in [0.1, 0.15) is 0 Å². The van der Waals surface area contributed by atoms with Crippen molar-refractivity contribution >= 4 is 22.8 Å². The van der Waals surface area contributed by atoms with Gasteiger partial charge in [-0.3, -0.25) is 14.6 Å². The maximum atomic E-state index is 12.1. The molecule has 1 aromatic heterocycles. The number of carbonyl (C=O) groups is 1. The first kappa shape index (κ1) is 15.7. The molecular weight excluding hydrogens is 304 g/mol. The molecule has 0 radical (unpaired) electrons. The number of carbonyl (C=O) groups excluding carboxylic acids is 1. The van der Waals surface area contributed by atoms with Crippen LogP contribution in [-0.2, 0) is 6.54 Å². The van der Waals surface area contributed by atoms with Gasteiger partial charge in [-0.1, -0.05) is 24.3 Å². The Morgan fingerprint density at radius 2 is 1.88 bits per heavy atom. The summed E-state index contributed by atoms with van der Waals surface area (Å²) in [6.45, 7) is 0.565. The van der Waals surface area contributed by atoms with Crippen molar-refractivity contribution in [1.29, 1.82) is 0 Å². The zero-order valence-corrected chi connectivity index (χ0v) is 13.5. The van der Waals surface area contributed by atoms with E-state index in [1.54, 1.807) is 25.2 Å². The molecule has 0 aliphatic carbocycles. The lowest BCUT2D eigenvalue weighted by atomic mass is 10.1. The van der Waals surface area contributed by atoms with Gasteiger partial charge in [-0.2, -0.15) is 0 Å². The average molecular weight is 322 g/mol. The van der Waals surface area contributed by atoms with Gasteiger partial charge in [0.2, 0.25) is 5.95 Å². The smallest absolute Gasteiger partial charge is 0.260 e. The quantitative estimate of drug-likeness (QED) is 0.769. The molecule has 3 rings (SSSR count). The molecule has 0 bridgehead atoms. The van der Waals surface area contributed by atoms with Crippen LogP contribution in [0.3, 0.4) is 0 Å². The van der Waals surface area contributed by atoms with Crippen LogP contribution in [0.25, 0.3) is 10.9 Å². The molecule has 1 amide bonds. The molecule has 0 atom stereocenters. The highest BCUT2D eigenvalue weighted by Crippen LogP contribution is 2.13. The van der Waals surface area contributed by atoms with E-state index in [9.17, 15) is 9.59 Å². The lowest BCUT2D eigenvalue weighted by molar-refractivity contribution is 0.0963. The Balaban J connectivity index is 1.83. The molecule has 122 valence electrons. The molecule has 1 heterocycles. The second-order valence-corrected chi connectivity index (χ2v) is 5.54. The molecule has 6 nitrogen and oxygen atoms in total. The van der Waals surface area contributed by atoms with E-state index in [1.807, 2.05) is 42.3 Å². The number of amides is 1. The van der Waals surface area contributed by atoms with Crippen LogP contribution in [0, 0.1) is 0 Å². The number of aromatic nitrogens is 2. The van der Waals surface area contributed by atoms with Gasteiger partial charge in [0.25, 0.3) is 11.5 Å². The van der Waals surface area contributed by atoms with Gasteiger partial charge < -0.3 is 10.2 Å². The molecule has 3 aromatic rings. The van der Waals surface area contributed by atoms with Gasteiger partial charge in [-0.25, -0.2) is 4.98 Å². The summed E-state index contributed by atoms with van der Waals surface area (Å²) < 4.78 is 0. The van der Waals surface area contributed by atoms with E-state index in [0.717, 1.165) is 5.56 Å². The summed E-state index contributed by atoms with van der Waals surface area (Å²) in [4.78, 5) is 32.9. The number of aromatic amines is 1. The van der Waals surface area contributed by atoms with E-state index in [1.165, 1.54) is 0 Å². The third-order valence-electron chi connectivity index (χ3n) is 3.82. The van der Waals surface area contributed by atoms with Crippen molar-refractivity contribution in [2.24, 2.45) is 0 Å². The molecule has 0 aliphatic rings. The molecule has 6 heteroatoms. The highest BCUT2D eigenvalue weighted by atomic mass is 16.1. The fourth-order valence-corrected chi connectivity index (χ4v) is 2.51. The molecule has 0 saturated heterocycles. The maximum absolute atomic E-state index is 12.1. The Hall–Kier alpha value is -3.15. The molecule has 0 unspecified atom stereocenters. The predicted molar refractivity (Wildman–Crippen MR) is 94.3 cm³/mol. The number of hydrogen-bond acceptors (Lipinski definition) is 4. The van der Waals surface area contributed by atoms with Crippen LogP contribution in [0.4, 0.5) is 5.95 Å². The van der Waals surface area contributed by atoms with Gasteiger partial charge in [0, 0.05) is 26.2 Å². The summed E-state index contributed by atoms with van der Waals surface area (Å²) in [6.07, 6.45) is 0. The number of para-hydroxylation sites is 1. The molecule has 2 N–H and O–H groups in total. The normalized spacial score (nSPS) is 10.6. The van der Waals surface area contributed by atoms with Gasteiger partial charge in [-0.15, -0.1) is 0 Å². The lowest BCUT2D eigenvalue weighted by Crippen LogP contribution is -2.23. The Morgan fingerprint density at radius 3 is 2.58 bits per heavy atom. The van der Waals surface area contributed by atoms with E-state index < -0.39 is 0 Å². The van der Waals surface area contributed by atoms with Crippen molar-refractivity contribution in [1.82, 2.24) is 15.3 Å². The fourth-order valence-electron chi connectivity index (χ4n) is 2.51. The molecule has 0 spiro atoms. The van der Waals surface area contributed by atoms with E-state index in [-0.39, 0.29) is 11.5 Å². The van der Waals surface area contributed by atoms with E-state index in [0.29, 0.717) is 29.0 Å². The van der Waals surface area contributed by atoms with Crippen molar-refractivity contribution in [3.05, 3.63) is 70.0 Å². The maximum Gasteiger partial charge on any atom is 0.260 e. The van der Waals surface area contributed by atoms with Crippen molar-refractivity contribution in [3.8, 4) is 0 Å². The monoisotopic (exact) mass is 322 g/mol. The summed E-state index contributed by atoms with van der Waals surface area (Å²) in [5, 5.41) is 3.17. The van der Waals surface area contributed by atoms with Gasteiger partial charge in [-0.05, 0) is 29.8 Å². The predicted octanol–water partition coefficient (Wildman–Crippen LogP) is 1.92. The number of nitrogens with zero attached hydrogens (tertiary/aromatic N) is 2. The van der Waals surface area contributed by atoms with Crippen molar-refractivity contribution in [3.63, 3.8) is 0 Å². The number of fused-ring (bicyclic) bond motifs is 1. The van der Waals surface area contributed by atoms with Gasteiger partial charge in [0.15, 0.2) is 0 Å². The fraction of sp³-hybridized carbons (Fsp3) is 0.167. The molecule has 0 fully saturated rings. The zero-order chi connectivity index (χ0) is 17.1. The molecular formula is C18H18N4O2. The van der Waals surface area contributed by atoms with Crippen LogP contribution < -0.4 is 15.8 Å². The van der Waals surface area contributed by atoms with Crippen molar-refractivity contribution in [2.45, 2.75) is 6.54 Å². The molecule has 2 aromatic carbocycles. The van der Waals surface area contributed by atoms with Crippen LogP contribution in [0.15, 0.2) is 53.3 Å². The Kier molecular flexibility index (Phi) is 4.29. The minimum Gasteiger partial charge on any atom is -0.355 e. The molecule has 24 heavy (non-hydrogen) atoms. The average Bonchev–Trinajstić information content (AvgIpc) is 2.61. The third kappa shape index (κ3) is 3.12. The second-order valence-electron chi connectivity index (χ2n) is 5.54. The summed E-state index contributed by atoms with van der Waals surface area (Å²) in [6, 6.07) is 14.6. The minimum atomic E-state index is -0.155. The minimum absolute atomic E-state index is 0.115. The van der Waals surface area contributed by atoms with E-state index in [4.69, 9.17) is 0 Å². The van der Waals surface area contributed by atoms with E-state index in [2.05, 4.69) is 15.3 Å². The van der Waals surface area contributed by atoms with Crippen LogP contribution in [-0.4, -0.2) is 30.0 Å². The Labute approximate surface area is 139 Å². The second kappa shape index (κ2) is 6.54. The number of hydrogen-bond donors (Lipinski definition) is 2. The number of rotatable bonds is 4. The van der Waals surface area contributed by atoms with Crippen LogP contribution >= 0.6 is 0 Å². The highest BCUT2D eigenvalue weighted by Gasteiger charge is 2.09. The standard InChI is InChI=1S/C18H18N4O2/c1-19-16(23)13-9-7-12(8-10-13)11-22(2)18-20-15-6-4-3-5-14(15)17(24)21-18/h3-10H,11H2,1-2H3,(H,19,23)(H,20,21,24). The van der Waals surface area contributed by atoms with Gasteiger partial charge >= 0.3 is 0 Å². The zero-order valence-electron chi connectivity index (χ0n) is 13.5. The first-order valence-electron chi connectivity index (χ1n) is 7.59. The molecule has 0 saturated carbocycles. The summed E-state index contributed by atoms with van der Waals surface area (Å²) in [5.74, 6) is 0.393. The summed E-state index contributed by atoms with van der Waals surface area (Å²) in [7, 11) is 3.46. The number of nitrogens with one attached hydrogen (secondary N) is 2. The highest BCUT2D eigenvalue weighted by molar-refractivity contribution is 5.93. The van der Waals surface area contributed by atoms with E-state index >= 15 is 0 Å². The Bertz CT molecular complexity index is 932. The number of benzene rings is 2. The summed E-state index contributed by atoms with van der Waals surface area (Å²) >= 11 is 0. The number of anilines is 1. The largest absolute Gasteiger partial charge is 0.355 e. The van der Waals surface area contributed by atoms with Crippen LogP contribution in [0.2, 0.25) is 0 Å².